The predicted molar refractivity (Wildman–Crippen MR) is 115 cm³/mol. The van der Waals surface area contributed by atoms with E-state index < -0.39 is 35.1 Å². The molecule has 1 fully saturated rings. The minimum Gasteiger partial charge on any atom is -0.507 e. The molecule has 1 saturated heterocycles. The van der Waals surface area contributed by atoms with Gasteiger partial charge in [-0.15, -0.1) is 0 Å². The normalized spacial score (nSPS) is 17.5. The third-order valence-corrected chi connectivity index (χ3v) is 5.54. The van der Waals surface area contributed by atoms with Crippen molar-refractivity contribution in [3.63, 3.8) is 0 Å². The van der Waals surface area contributed by atoms with Gasteiger partial charge >= 0.3 is 0 Å². The zero-order valence-electron chi connectivity index (χ0n) is 17.7. The van der Waals surface area contributed by atoms with E-state index in [1.54, 1.807) is 24.8 Å². The van der Waals surface area contributed by atoms with Crippen LogP contribution in [0.25, 0.3) is 5.76 Å². The van der Waals surface area contributed by atoms with E-state index in [1.165, 1.54) is 42.3 Å². The molecule has 0 saturated carbocycles. The van der Waals surface area contributed by atoms with E-state index in [1.807, 2.05) is 4.57 Å². The highest BCUT2D eigenvalue weighted by Gasteiger charge is 2.46. The van der Waals surface area contributed by atoms with Gasteiger partial charge in [0.2, 0.25) is 0 Å². The van der Waals surface area contributed by atoms with Crippen molar-refractivity contribution in [2.45, 2.75) is 19.0 Å². The van der Waals surface area contributed by atoms with E-state index in [-0.39, 0.29) is 29.0 Å². The number of nitrogens with zero attached hydrogens (tertiary/aromatic N) is 3. The molecule has 2 heterocycles. The number of hydrogen-bond acceptors (Lipinski definition) is 5. The number of Topliss-reactive ketones (excluding diaryl/α,β-unsaturated/α-hetero) is 1. The van der Waals surface area contributed by atoms with Crippen LogP contribution in [0.3, 0.4) is 0 Å². The molecule has 170 valence electrons. The number of benzene rings is 2. The molecule has 0 aliphatic carbocycles. The molecule has 0 radical (unpaired) electrons. The van der Waals surface area contributed by atoms with Crippen LogP contribution >= 0.6 is 0 Å². The van der Waals surface area contributed by atoms with Crippen molar-refractivity contribution in [3.05, 3.63) is 89.5 Å². The number of methoxy groups -OCH3 is 1. The predicted octanol–water partition coefficient (Wildman–Crippen LogP) is 3.68. The maximum absolute atomic E-state index is 14.8. The van der Waals surface area contributed by atoms with Gasteiger partial charge < -0.3 is 19.3 Å². The minimum atomic E-state index is -1.15. The zero-order valence-corrected chi connectivity index (χ0v) is 17.7. The van der Waals surface area contributed by atoms with Crippen molar-refractivity contribution < 1.29 is 28.2 Å². The molecule has 1 aromatic heterocycles. The number of halogens is 2. The average Bonchev–Trinajstić information content (AvgIpc) is 3.41. The molecule has 1 amide bonds. The second-order valence-electron chi connectivity index (χ2n) is 7.52. The number of aryl methyl sites for hydroxylation is 1. The monoisotopic (exact) mass is 453 g/mol. The largest absolute Gasteiger partial charge is 0.507 e. The van der Waals surface area contributed by atoms with E-state index in [0.717, 1.165) is 6.07 Å². The number of rotatable bonds is 7. The Morgan fingerprint density at radius 3 is 2.58 bits per heavy atom. The first-order valence-corrected chi connectivity index (χ1v) is 10.2. The smallest absolute Gasteiger partial charge is 0.295 e. The summed E-state index contributed by atoms with van der Waals surface area (Å²) in [6.45, 7) is 0.659. The van der Waals surface area contributed by atoms with Gasteiger partial charge in [0.1, 0.15) is 11.6 Å². The molecule has 4 rings (SSSR count). The number of hydrogen-bond donors (Lipinski definition) is 1. The van der Waals surface area contributed by atoms with Gasteiger partial charge in [0.25, 0.3) is 11.7 Å². The Bertz CT molecular complexity index is 1220. The number of aromatic nitrogens is 2. The lowest BCUT2D eigenvalue weighted by molar-refractivity contribution is -0.140. The van der Waals surface area contributed by atoms with Crippen LogP contribution in [0.4, 0.5) is 8.78 Å². The highest BCUT2D eigenvalue weighted by Crippen LogP contribution is 2.40. The summed E-state index contributed by atoms with van der Waals surface area (Å²) < 4.78 is 35.7. The van der Waals surface area contributed by atoms with Crippen molar-refractivity contribution >= 4 is 17.4 Å². The molecular formula is C24H21F2N3O4. The summed E-state index contributed by atoms with van der Waals surface area (Å²) in [6.07, 6.45) is 5.48. The van der Waals surface area contributed by atoms with Crippen LogP contribution in [0.2, 0.25) is 0 Å². The molecule has 2 aromatic carbocycles. The molecule has 9 heteroatoms. The van der Waals surface area contributed by atoms with E-state index in [9.17, 15) is 23.5 Å². The molecular weight excluding hydrogens is 432 g/mol. The van der Waals surface area contributed by atoms with Gasteiger partial charge in [-0.2, -0.15) is 0 Å². The van der Waals surface area contributed by atoms with Gasteiger partial charge in [0, 0.05) is 36.6 Å². The standard InChI is InChI=1S/C24H21F2N3O4/c1-33-19-8-7-15(13-18(19)26)22(30)20-21(16-5-2-3-6-17(16)25)29(24(32)23(20)31)11-4-10-28-12-9-27-14-28/h2-3,5-9,12-14,21,30H,4,10-11H2,1H3/b22-20-. The molecule has 1 aliphatic rings. The van der Waals surface area contributed by atoms with Crippen molar-refractivity contribution in [3.8, 4) is 5.75 Å². The number of amides is 1. The fraction of sp³-hybridized carbons (Fsp3) is 0.208. The fourth-order valence-corrected chi connectivity index (χ4v) is 3.94. The first-order valence-electron chi connectivity index (χ1n) is 10.2. The van der Waals surface area contributed by atoms with Crippen molar-refractivity contribution in [1.29, 1.82) is 0 Å². The Morgan fingerprint density at radius 1 is 1.12 bits per heavy atom. The summed E-state index contributed by atoms with van der Waals surface area (Å²) in [5, 5.41) is 11.0. The molecule has 0 spiro atoms. The summed E-state index contributed by atoms with van der Waals surface area (Å²) in [5.74, 6) is -3.82. The minimum absolute atomic E-state index is 0.0222. The Kier molecular flexibility index (Phi) is 6.21. The fourth-order valence-electron chi connectivity index (χ4n) is 3.94. The molecule has 1 unspecified atom stereocenters. The van der Waals surface area contributed by atoms with E-state index >= 15 is 0 Å². The number of aliphatic hydroxyl groups excluding tert-OH is 1. The van der Waals surface area contributed by atoms with Gasteiger partial charge in [-0.05, 0) is 30.7 Å². The number of ether oxygens (including phenoxy) is 1. The van der Waals surface area contributed by atoms with Gasteiger partial charge in [0.05, 0.1) is 25.1 Å². The molecule has 1 atom stereocenters. The van der Waals surface area contributed by atoms with E-state index in [0.29, 0.717) is 13.0 Å². The van der Waals surface area contributed by atoms with Crippen molar-refractivity contribution in [1.82, 2.24) is 14.5 Å². The molecule has 33 heavy (non-hydrogen) atoms. The van der Waals surface area contributed by atoms with Gasteiger partial charge in [-0.3, -0.25) is 9.59 Å². The van der Waals surface area contributed by atoms with Crippen LogP contribution in [-0.4, -0.2) is 44.9 Å². The first-order chi connectivity index (χ1) is 15.9. The summed E-state index contributed by atoms with van der Waals surface area (Å²) >= 11 is 0. The van der Waals surface area contributed by atoms with Crippen LogP contribution in [0.5, 0.6) is 5.75 Å². The second-order valence-corrected chi connectivity index (χ2v) is 7.52. The highest BCUT2D eigenvalue weighted by molar-refractivity contribution is 6.46. The summed E-state index contributed by atoms with van der Waals surface area (Å²) in [7, 11) is 1.30. The molecule has 1 aliphatic heterocycles. The van der Waals surface area contributed by atoms with Crippen molar-refractivity contribution in [2.24, 2.45) is 0 Å². The zero-order chi connectivity index (χ0) is 23.5. The second kappa shape index (κ2) is 9.23. The number of aliphatic hydroxyl groups is 1. The third kappa shape index (κ3) is 4.21. The molecule has 1 N–H and O–H groups in total. The molecule has 3 aromatic rings. The number of ketones is 1. The lowest BCUT2D eigenvalue weighted by atomic mass is 9.95. The lowest BCUT2D eigenvalue weighted by Crippen LogP contribution is -2.31. The Labute approximate surface area is 188 Å². The highest BCUT2D eigenvalue weighted by atomic mass is 19.1. The quantitative estimate of drug-likeness (QED) is 0.335. The Balaban J connectivity index is 1.76. The SMILES string of the molecule is COc1ccc(/C(O)=C2/C(=O)C(=O)N(CCCn3ccnc3)C2c2ccccc2F)cc1F. The summed E-state index contributed by atoms with van der Waals surface area (Å²) in [5.41, 5.74) is -0.252. The number of carbonyl (C=O) groups excluding carboxylic acids is 2. The number of imidazole rings is 1. The van der Waals surface area contributed by atoms with Crippen molar-refractivity contribution in [2.75, 3.05) is 13.7 Å². The van der Waals surface area contributed by atoms with Crippen LogP contribution < -0.4 is 4.74 Å². The van der Waals surface area contributed by atoms with E-state index in [4.69, 9.17) is 4.74 Å². The summed E-state index contributed by atoms with van der Waals surface area (Å²) in [4.78, 5) is 31.1. The molecule has 7 nitrogen and oxygen atoms in total. The topological polar surface area (TPSA) is 84.7 Å². The van der Waals surface area contributed by atoms with Crippen LogP contribution in [0.15, 0.2) is 66.8 Å². The maximum Gasteiger partial charge on any atom is 0.295 e. The van der Waals surface area contributed by atoms with Gasteiger partial charge in [-0.1, -0.05) is 18.2 Å². The average molecular weight is 453 g/mol. The third-order valence-electron chi connectivity index (χ3n) is 5.54. The Morgan fingerprint density at radius 2 is 1.91 bits per heavy atom. The van der Waals surface area contributed by atoms with E-state index in [2.05, 4.69) is 4.98 Å². The van der Waals surface area contributed by atoms with Gasteiger partial charge in [0.15, 0.2) is 11.6 Å². The van der Waals surface area contributed by atoms with Gasteiger partial charge in [-0.25, -0.2) is 13.8 Å². The molecule has 0 bridgehead atoms. The lowest BCUT2D eigenvalue weighted by Gasteiger charge is -2.25. The van der Waals surface area contributed by atoms with Crippen LogP contribution in [-0.2, 0) is 16.1 Å². The maximum atomic E-state index is 14.8. The number of likely N-dealkylation sites (tertiary alicyclic amines) is 1. The summed E-state index contributed by atoms with van der Waals surface area (Å²) in [6, 6.07) is 8.24. The first kappa shape index (κ1) is 22.2. The number of carbonyl (C=O) groups is 2. The van der Waals surface area contributed by atoms with Crippen LogP contribution in [0, 0.1) is 11.6 Å². The van der Waals surface area contributed by atoms with Crippen LogP contribution in [0.1, 0.15) is 23.6 Å². The Hall–Kier alpha value is -4.01.